The van der Waals surface area contributed by atoms with Crippen molar-refractivity contribution >= 4 is 5.69 Å². The molecule has 1 heterocycles. The van der Waals surface area contributed by atoms with E-state index in [0.717, 1.165) is 24.4 Å². The Bertz CT molecular complexity index is 312. The van der Waals surface area contributed by atoms with E-state index in [-0.39, 0.29) is 0 Å². The molecule has 3 heteroatoms. The van der Waals surface area contributed by atoms with E-state index in [1.807, 2.05) is 12.1 Å². The number of para-hydroxylation sites is 1. The fourth-order valence-corrected chi connectivity index (χ4v) is 1.66. The molecule has 1 N–H and O–H groups in total. The molecule has 1 aliphatic heterocycles. The summed E-state index contributed by atoms with van der Waals surface area (Å²) in [6.07, 6.45) is 1.09. The maximum Gasteiger partial charge on any atom is 0.142 e. The van der Waals surface area contributed by atoms with E-state index in [9.17, 15) is 0 Å². The van der Waals surface area contributed by atoms with E-state index in [1.54, 1.807) is 7.11 Å². The molecule has 0 saturated heterocycles. The lowest BCUT2D eigenvalue weighted by Crippen LogP contribution is -2.05. The van der Waals surface area contributed by atoms with Gasteiger partial charge in [-0.05, 0) is 18.1 Å². The zero-order valence-corrected chi connectivity index (χ0v) is 8.38. The lowest BCUT2D eigenvalue weighted by atomic mass is 10.1. The summed E-state index contributed by atoms with van der Waals surface area (Å²) >= 11 is 0. The molecule has 0 atom stereocenters. The number of rotatable bonds is 4. The van der Waals surface area contributed by atoms with Gasteiger partial charge in [-0.1, -0.05) is 12.1 Å². The Morgan fingerprint density at radius 2 is 2.29 bits per heavy atom. The van der Waals surface area contributed by atoms with Crippen molar-refractivity contribution in [2.75, 3.05) is 32.2 Å². The first-order valence-electron chi connectivity index (χ1n) is 4.89. The number of fused-ring (bicyclic) bond motifs is 1. The second kappa shape index (κ2) is 4.33. The molecule has 76 valence electrons. The van der Waals surface area contributed by atoms with Crippen molar-refractivity contribution in [1.82, 2.24) is 0 Å². The highest BCUT2D eigenvalue weighted by Crippen LogP contribution is 2.32. The molecule has 2 rings (SSSR count). The third kappa shape index (κ3) is 1.82. The molecule has 1 aliphatic rings. The standard InChI is InChI=1S/C11H15NO2/c1-13-7-8-14-10-4-2-3-9-5-6-12-11(9)10/h2-4,12H,5-8H2,1H3. The highest BCUT2D eigenvalue weighted by Gasteiger charge is 2.13. The lowest BCUT2D eigenvalue weighted by Gasteiger charge is -2.10. The van der Waals surface area contributed by atoms with Crippen LogP contribution >= 0.6 is 0 Å². The molecular formula is C11H15NO2. The summed E-state index contributed by atoms with van der Waals surface area (Å²) < 4.78 is 10.5. The number of hydrogen-bond donors (Lipinski definition) is 1. The van der Waals surface area contributed by atoms with Gasteiger partial charge in [-0.25, -0.2) is 0 Å². The number of hydrogen-bond acceptors (Lipinski definition) is 3. The van der Waals surface area contributed by atoms with Crippen LogP contribution in [0.25, 0.3) is 0 Å². The molecule has 0 aromatic heterocycles. The minimum Gasteiger partial charge on any atom is -0.489 e. The van der Waals surface area contributed by atoms with Gasteiger partial charge in [-0.3, -0.25) is 0 Å². The Hall–Kier alpha value is -1.22. The smallest absolute Gasteiger partial charge is 0.142 e. The van der Waals surface area contributed by atoms with Crippen molar-refractivity contribution in [3.8, 4) is 5.75 Å². The van der Waals surface area contributed by atoms with Crippen molar-refractivity contribution in [3.05, 3.63) is 23.8 Å². The van der Waals surface area contributed by atoms with E-state index in [2.05, 4.69) is 11.4 Å². The third-order valence-electron chi connectivity index (χ3n) is 2.35. The van der Waals surface area contributed by atoms with Gasteiger partial charge in [0.1, 0.15) is 12.4 Å². The minimum atomic E-state index is 0.606. The second-order valence-corrected chi connectivity index (χ2v) is 3.31. The van der Waals surface area contributed by atoms with Gasteiger partial charge < -0.3 is 14.8 Å². The van der Waals surface area contributed by atoms with Crippen LogP contribution in [0.4, 0.5) is 5.69 Å². The molecule has 3 nitrogen and oxygen atoms in total. The van der Waals surface area contributed by atoms with Gasteiger partial charge in [0.25, 0.3) is 0 Å². The average molecular weight is 193 g/mol. The Labute approximate surface area is 84.0 Å². The summed E-state index contributed by atoms with van der Waals surface area (Å²) in [4.78, 5) is 0. The Morgan fingerprint density at radius 3 is 3.14 bits per heavy atom. The molecule has 0 fully saturated rings. The largest absolute Gasteiger partial charge is 0.489 e. The molecule has 1 aromatic rings. The van der Waals surface area contributed by atoms with Crippen LogP contribution in [0.5, 0.6) is 5.75 Å². The Balaban J connectivity index is 2.06. The van der Waals surface area contributed by atoms with Gasteiger partial charge in [-0.15, -0.1) is 0 Å². The topological polar surface area (TPSA) is 30.5 Å². The number of anilines is 1. The first-order chi connectivity index (χ1) is 6.92. The Morgan fingerprint density at radius 1 is 1.36 bits per heavy atom. The molecule has 0 saturated carbocycles. The predicted octanol–water partition coefficient (Wildman–Crippen LogP) is 1.68. The van der Waals surface area contributed by atoms with Crippen molar-refractivity contribution in [2.24, 2.45) is 0 Å². The van der Waals surface area contributed by atoms with Crippen LogP contribution in [0.2, 0.25) is 0 Å². The Kier molecular flexibility index (Phi) is 2.89. The van der Waals surface area contributed by atoms with Crippen LogP contribution in [0, 0.1) is 0 Å². The van der Waals surface area contributed by atoms with Crippen LogP contribution in [-0.2, 0) is 11.2 Å². The summed E-state index contributed by atoms with van der Waals surface area (Å²) in [5, 5.41) is 3.33. The quantitative estimate of drug-likeness (QED) is 0.738. The van der Waals surface area contributed by atoms with Crippen molar-refractivity contribution in [1.29, 1.82) is 0 Å². The van der Waals surface area contributed by atoms with E-state index < -0.39 is 0 Å². The fourth-order valence-electron chi connectivity index (χ4n) is 1.66. The van der Waals surface area contributed by atoms with Crippen LogP contribution in [0.1, 0.15) is 5.56 Å². The molecule has 0 bridgehead atoms. The summed E-state index contributed by atoms with van der Waals surface area (Å²) in [6, 6.07) is 6.17. The number of methoxy groups -OCH3 is 1. The second-order valence-electron chi connectivity index (χ2n) is 3.31. The molecule has 0 spiro atoms. The average Bonchev–Trinajstić information content (AvgIpc) is 2.67. The zero-order chi connectivity index (χ0) is 9.80. The van der Waals surface area contributed by atoms with Crippen LogP contribution in [-0.4, -0.2) is 26.9 Å². The van der Waals surface area contributed by atoms with Crippen LogP contribution < -0.4 is 10.1 Å². The highest BCUT2D eigenvalue weighted by atomic mass is 16.5. The zero-order valence-electron chi connectivity index (χ0n) is 8.38. The van der Waals surface area contributed by atoms with Crippen molar-refractivity contribution in [3.63, 3.8) is 0 Å². The third-order valence-corrected chi connectivity index (χ3v) is 2.35. The van der Waals surface area contributed by atoms with Crippen molar-refractivity contribution in [2.45, 2.75) is 6.42 Å². The molecular weight excluding hydrogens is 178 g/mol. The van der Waals surface area contributed by atoms with E-state index in [4.69, 9.17) is 9.47 Å². The molecule has 0 aliphatic carbocycles. The summed E-state index contributed by atoms with van der Waals surface area (Å²) in [7, 11) is 1.68. The van der Waals surface area contributed by atoms with Crippen LogP contribution in [0.15, 0.2) is 18.2 Å². The fraction of sp³-hybridized carbons (Fsp3) is 0.455. The molecule has 0 unspecified atom stereocenters. The van der Waals surface area contributed by atoms with Crippen molar-refractivity contribution < 1.29 is 9.47 Å². The number of benzene rings is 1. The normalized spacial score (nSPS) is 13.5. The first-order valence-corrected chi connectivity index (χ1v) is 4.89. The van der Waals surface area contributed by atoms with E-state index >= 15 is 0 Å². The van der Waals surface area contributed by atoms with Gasteiger partial charge in [0.2, 0.25) is 0 Å². The predicted molar refractivity (Wildman–Crippen MR) is 56.0 cm³/mol. The van der Waals surface area contributed by atoms with E-state index in [1.165, 1.54) is 5.56 Å². The van der Waals surface area contributed by atoms with Gasteiger partial charge >= 0.3 is 0 Å². The minimum absolute atomic E-state index is 0.606. The summed E-state index contributed by atoms with van der Waals surface area (Å²) in [5.74, 6) is 0.942. The maximum atomic E-state index is 5.60. The van der Waals surface area contributed by atoms with Crippen LogP contribution in [0.3, 0.4) is 0 Å². The number of ether oxygens (including phenoxy) is 2. The molecule has 0 radical (unpaired) electrons. The molecule has 14 heavy (non-hydrogen) atoms. The summed E-state index contributed by atoms with van der Waals surface area (Å²) in [5.41, 5.74) is 2.50. The first kappa shape index (κ1) is 9.34. The summed E-state index contributed by atoms with van der Waals surface area (Å²) in [6.45, 7) is 2.25. The molecule has 0 amide bonds. The highest BCUT2D eigenvalue weighted by molar-refractivity contribution is 5.65. The lowest BCUT2D eigenvalue weighted by molar-refractivity contribution is 0.146. The monoisotopic (exact) mass is 193 g/mol. The maximum absolute atomic E-state index is 5.60. The molecule has 1 aromatic carbocycles. The van der Waals surface area contributed by atoms with Gasteiger partial charge in [0.05, 0.1) is 12.3 Å². The SMILES string of the molecule is COCCOc1cccc2c1NCC2. The van der Waals surface area contributed by atoms with Gasteiger partial charge in [0, 0.05) is 13.7 Å². The van der Waals surface area contributed by atoms with Gasteiger partial charge in [-0.2, -0.15) is 0 Å². The van der Waals surface area contributed by atoms with Gasteiger partial charge in [0.15, 0.2) is 0 Å². The number of nitrogens with one attached hydrogen (secondary N) is 1. The van der Waals surface area contributed by atoms with E-state index in [0.29, 0.717) is 13.2 Å².